The number of benzene rings is 3. The highest BCUT2D eigenvalue weighted by Gasteiger charge is 2.23. The third kappa shape index (κ3) is 4.63. The summed E-state index contributed by atoms with van der Waals surface area (Å²) < 4.78 is 0. The van der Waals surface area contributed by atoms with Crippen LogP contribution in [0.25, 0.3) is 0 Å². The molecule has 0 unspecified atom stereocenters. The van der Waals surface area contributed by atoms with Crippen LogP contribution in [0.15, 0.2) is 78.9 Å². The Kier molecular flexibility index (Phi) is 5.56. The maximum absolute atomic E-state index is 12.7. The summed E-state index contributed by atoms with van der Waals surface area (Å²) in [5.41, 5.74) is 4.90. The molecule has 4 rings (SSSR count). The van der Waals surface area contributed by atoms with Crippen molar-refractivity contribution in [2.45, 2.75) is 19.4 Å². The van der Waals surface area contributed by atoms with Crippen molar-refractivity contribution >= 4 is 23.3 Å². The lowest BCUT2D eigenvalue weighted by Gasteiger charge is -2.17. The van der Waals surface area contributed by atoms with Crippen molar-refractivity contribution < 1.29 is 9.59 Å². The second kappa shape index (κ2) is 8.61. The van der Waals surface area contributed by atoms with Crippen LogP contribution in [0.2, 0.25) is 0 Å². The molecule has 2 N–H and O–H groups in total. The largest absolute Gasteiger partial charge is 0.334 e. The van der Waals surface area contributed by atoms with Gasteiger partial charge in [0.05, 0.1) is 6.42 Å². The monoisotopic (exact) mass is 385 g/mol. The first-order valence-corrected chi connectivity index (χ1v) is 9.75. The van der Waals surface area contributed by atoms with E-state index in [4.69, 9.17) is 0 Å². The van der Waals surface area contributed by atoms with Crippen LogP contribution in [-0.4, -0.2) is 18.5 Å². The minimum absolute atomic E-state index is 0.0938. The molecule has 0 fully saturated rings. The second-order valence-electron chi connectivity index (χ2n) is 7.09. The summed E-state index contributed by atoms with van der Waals surface area (Å²) in [5.74, 6) is 0.0938. The molecule has 0 atom stereocenters. The molecule has 146 valence electrons. The Morgan fingerprint density at radius 1 is 0.828 bits per heavy atom. The number of para-hydroxylation sites is 1. The zero-order valence-electron chi connectivity index (χ0n) is 16.1. The highest BCUT2D eigenvalue weighted by atomic mass is 16.2. The van der Waals surface area contributed by atoms with E-state index in [9.17, 15) is 9.59 Å². The van der Waals surface area contributed by atoms with E-state index in [0.717, 1.165) is 29.8 Å². The van der Waals surface area contributed by atoms with Gasteiger partial charge in [-0.05, 0) is 41.3 Å². The molecular weight excluding hydrogens is 362 g/mol. The van der Waals surface area contributed by atoms with E-state index < -0.39 is 0 Å². The van der Waals surface area contributed by atoms with Crippen LogP contribution in [0, 0.1) is 0 Å². The standard InChI is InChI=1S/C24H23N3O2/c28-23(27-15-14-20-8-4-5-9-22(20)27)16-18-10-12-21(13-11-18)26-24(29)25-17-19-6-2-1-3-7-19/h1-13H,14-17H2,(H2,25,26,29). The van der Waals surface area contributed by atoms with Crippen LogP contribution in [0.5, 0.6) is 0 Å². The highest BCUT2D eigenvalue weighted by Crippen LogP contribution is 2.28. The molecule has 1 heterocycles. The van der Waals surface area contributed by atoms with Gasteiger partial charge in [-0.2, -0.15) is 0 Å². The van der Waals surface area contributed by atoms with Crippen molar-refractivity contribution in [3.05, 3.63) is 95.6 Å². The number of rotatable bonds is 5. The van der Waals surface area contributed by atoms with Gasteiger partial charge in [-0.1, -0.05) is 60.7 Å². The Balaban J connectivity index is 1.30. The SMILES string of the molecule is O=C(NCc1ccccc1)Nc1ccc(CC(=O)N2CCc3ccccc32)cc1. The summed E-state index contributed by atoms with van der Waals surface area (Å²) >= 11 is 0. The van der Waals surface area contributed by atoms with Crippen LogP contribution in [0.1, 0.15) is 16.7 Å². The molecule has 0 aliphatic carbocycles. The molecule has 0 saturated heterocycles. The highest BCUT2D eigenvalue weighted by molar-refractivity contribution is 5.96. The molecule has 0 spiro atoms. The van der Waals surface area contributed by atoms with Crippen LogP contribution >= 0.6 is 0 Å². The van der Waals surface area contributed by atoms with Gasteiger partial charge in [0.25, 0.3) is 0 Å². The number of anilines is 2. The normalized spacial score (nSPS) is 12.3. The summed E-state index contributed by atoms with van der Waals surface area (Å²) in [6.07, 6.45) is 1.25. The first-order chi connectivity index (χ1) is 14.2. The number of amides is 3. The van der Waals surface area contributed by atoms with Crippen LogP contribution in [0.4, 0.5) is 16.2 Å². The summed E-state index contributed by atoms with van der Waals surface area (Å²) in [6.45, 7) is 1.20. The molecule has 3 aromatic carbocycles. The van der Waals surface area contributed by atoms with E-state index in [1.165, 1.54) is 5.56 Å². The van der Waals surface area contributed by atoms with Gasteiger partial charge in [0.2, 0.25) is 5.91 Å². The van der Waals surface area contributed by atoms with Gasteiger partial charge in [0.15, 0.2) is 0 Å². The molecule has 0 bridgehead atoms. The fourth-order valence-electron chi connectivity index (χ4n) is 3.53. The lowest BCUT2D eigenvalue weighted by Crippen LogP contribution is -2.30. The van der Waals surface area contributed by atoms with Gasteiger partial charge >= 0.3 is 6.03 Å². The van der Waals surface area contributed by atoms with Crippen molar-refractivity contribution in [2.75, 3.05) is 16.8 Å². The number of nitrogens with one attached hydrogen (secondary N) is 2. The summed E-state index contributed by atoms with van der Waals surface area (Å²) in [4.78, 5) is 26.6. The number of hydrogen-bond acceptors (Lipinski definition) is 2. The second-order valence-corrected chi connectivity index (χ2v) is 7.09. The van der Waals surface area contributed by atoms with Gasteiger partial charge < -0.3 is 15.5 Å². The summed E-state index contributed by atoms with van der Waals surface area (Å²) in [6, 6.07) is 24.9. The van der Waals surface area contributed by atoms with Crippen LogP contribution in [-0.2, 0) is 24.2 Å². The van der Waals surface area contributed by atoms with E-state index in [-0.39, 0.29) is 11.9 Å². The first-order valence-electron chi connectivity index (χ1n) is 9.75. The van der Waals surface area contributed by atoms with Gasteiger partial charge in [0.1, 0.15) is 0 Å². The average molecular weight is 385 g/mol. The quantitative estimate of drug-likeness (QED) is 0.693. The summed E-state index contributed by atoms with van der Waals surface area (Å²) in [5, 5.41) is 5.65. The topological polar surface area (TPSA) is 61.4 Å². The molecule has 3 amide bonds. The molecule has 1 aliphatic heterocycles. The number of carbonyl (C=O) groups excluding carboxylic acids is 2. The molecule has 5 nitrogen and oxygen atoms in total. The van der Waals surface area contributed by atoms with Crippen LogP contribution < -0.4 is 15.5 Å². The predicted molar refractivity (Wildman–Crippen MR) is 115 cm³/mol. The molecule has 0 aromatic heterocycles. The molecule has 1 aliphatic rings. The Hall–Kier alpha value is -3.60. The zero-order chi connectivity index (χ0) is 20.1. The van der Waals surface area contributed by atoms with E-state index in [1.54, 1.807) is 0 Å². The third-order valence-electron chi connectivity index (χ3n) is 5.05. The molecule has 3 aromatic rings. The average Bonchev–Trinajstić information content (AvgIpc) is 3.19. The van der Waals surface area contributed by atoms with Gasteiger partial charge in [-0.15, -0.1) is 0 Å². The van der Waals surface area contributed by atoms with Gasteiger partial charge in [0, 0.05) is 24.5 Å². The number of carbonyl (C=O) groups is 2. The number of fused-ring (bicyclic) bond motifs is 1. The van der Waals surface area contributed by atoms with Crippen LogP contribution in [0.3, 0.4) is 0 Å². The minimum atomic E-state index is -0.258. The Labute approximate surface area is 170 Å². The molecule has 29 heavy (non-hydrogen) atoms. The van der Waals surface area contributed by atoms with Gasteiger partial charge in [-0.25, -0.2) is 4.79 Å². The fourth-order valence-corrected chi connectivity index (χ4v) is 3.53. The van der Waals surface area contributed by atoms with Crippen molar-refractivity contribution in [2.24, 2.45) is 0 Å². The number of urea groups is 1. The van der Waals surface area contributed by atoms with Gasteiger partial charge in [-0.3, -0.25) is 4.79 Å². The number of nitrogens with zero attached hydrogens (tertiary/aromatic N) is 1. The zero-order valence-corrected chi connectivity index (χ0v) is 16.1. The minimum Gasteiger partial charge on any atom is -0.334 e. The van der Waals surface area contributed by atoms with Crippen molar-refractivity contribution in [1.29, 1.82) is 0 Å². The smallest absolute Gasteiger partial charge is 0.319 e. The Morgan fingerprint density at radius 3 is 2.34 bits per heavy atom. The third-order valence-corrected chi connectivity index (χ3v) is 5.05. The van der Waals surface area contributed by atoms with E-state index in [0.29, 0.717) is 18.7 Å². The lowest BCUT2D eigenvalue weighted by atomic mass is 10.1. The molecule has 0 radical (unpaired) electrons. The maximum atomic E-state index is 12.7. The maximum Gasteiger partial charge on any atom is 0.319 e. The Morgan fingerprint density at radius 2 is 1.55 bits per heavy atom. The fraction of sp³-hybridized carbons (Fsp3) is 0.167. The molecular formula is C24H23N3O2. The lowest BCUT2D eigenvalue weighted by molar-refractivity contribution is -0.117. The molecule has 0 saturated carbocycles. The van der Waals surface area contributed by atoms with E-state index in [1.807, 2.05) is 77.7 Å². The van der Waals surface area contributed by atoms with Crippen molar-refractivity contribution in [3.63, 3.8) is 0 Å². The first kappa shape index (κ1) is 18.7. The predicted octanol–water partition coefficient (Wildman–Crippen LogP) is 4.14. The number of hydrogen-bond donors (Lipinski definition) is 2. The van der Waals surface area contributed by atoms with E-state index >= 15 is 0 Å². The summed E-state index contributed by atoms with van der Waals surface area (Å²) in [7, 11) is 0. The van der Waals surface area contributed by atoms with Crippen molar-refractivity contribution in [1.82, 2.24) is 5.32 Å². The Bertz CT molecular complexity index is 1000. The van der Waals surface area contributed by atoms with Crippen molar-refractivity contribution in [3.8, 4) is 0 Å². The van der Waals surface area contributed by atoms with E-state index in [2.05, 4.69) is 16.7 Å². The molecule has 5 heteroatoms.